The van der Waals surface area contributed by atoms with Crippen LogP contribution in [0.15, 0.2) is 22.9 Å². The maximum Gasteiger partial charge on any atom is 0.0410 e. The zero-order valence-electron chi connectivity index (χ0n) is 11.5. The second kappa shape index (κ2) is 5.49. The number of nitrogens with zero attached hydrogens (tertiary/aromatic N) is 1. The van der Waals surface area contributed by atoms with E-state index in [9.17, 15) is 0 Å². The third-order valence-electron chi connectivity index (χ3n) is 2.54. The fourth-order valence-electron chi connectivity index (χ4n) is 1.67. The number of hydrogen-bond acceptors (Lipinski definition) is 2. The van der Waals surface area contributed by atoms with Gasteiger partial charge in [0, 0.05) is 29.0 Å². The van der Waals surface area contributed by atoms with Gasteiger partial charge in [0.1, 0.15) is 0 Å². The number of nitrogens with one attached hydrogen (secondary N) is 1. The summed E-state index contributed by atoms with van der Waals surface area (Å²) in [6.45, 7) is 12.2. The molecule has 1 aromatic heterocycles. The smallest absolute Gasteiger partial charge is 0.0410 e. The van der Waals surface area contributed by atoms with E-state index >= 15 is 0 Å². The summed E-state index contributed by atoms with van der Waals surface area (Å²) in [6, 6.07) is 2.14. The van der Waals surface area contributed by atoms with E-state index < -0.39 is 0 Å². The normalized spacial score (nSPS) is 12.8. The lowest BCUT2D eigenvalue weighted by Gasteiger charge is -2.30. The molecule has 0 radical (unpaired) electrons. The summed E-state index contributed by atoms with van der Waals surface area (Å²) in [5.74, 6) is 0. The largest absolute Gasteiger partial charge is 0.312 e. The van der Waals surface area contributed by atoms with Crippen molar-refractivity contribution < 1.29 is 0 Å². The summed E-state index contributed by atoms with van der Waals surface area (Å²) >= 11 is 3.46. The van der Waals surface area contributed by atoms with E-state index in [0.717, 1.165) is 17.4 Å². The van der Waals surface area contributed by atoms with Crippen molar-refractivity contribution in [3.05, 3.63) is 28.5 Å². The first-order valence-corrected chi connectivity index (χ1v) is 6.82. The molecule has 0 spiro atoms. The molecule has 0 amide bonds. The van der Waals surface area contributed by atoms with Crippen molar-refractivity contribution in [2.45, 2.75) is 46.6 Å². The monoisotopic (exact) mass is 298 g/mol. The molecule has 1 rings (SSSR count). The lowest BCUT2D eigenvalue weighted by atomic mass is 9.85. The zero-order valence-corrected chi connectivity index (χ0v) is 13.1. The van der Waals surface area contributed by atoms with Gasteiger partial charge in [0.2, 0.25) is 0 Å². The maximum absolute atomic E-state index is 4.21. The Kier molecular flexibility index (Phi) is 4.73. The van der Waals surface area contributed by atoms with E-state index in [-0.39, 0.29) is 11.0 Å². The predicted molar refractivity (Wildman–Crippen MR) is 77.2 cm³/mol. The number of hydrogen-bond donors (Lipinski definition) is 1. The number of halogens is 1. The van der Waals surface area contributed by atoms with Crippen LogP contribution in [-0.2, 0) is 6.42 Å². The summed E-state index contributed by atoms with van der Waals surface area (Å²) < 4.78 is 1.05. The van der Waals surface area contributed by atoms with E-state index in [1.807, 2.05) is 12.4 Å². The van der Waals surface area contributed by atoms with E-state index in [0.29, 0.717) is 0 Å². The summed E-state index contributed by atoms with van der Waals surface area (Å²) in [6.07, 6.45) is 4.80. The van der Waals surface area contributed by atoms with Gasteiger partial charge in [-0.25, -0.2) is 0 Å². The molecule has 1 N–H and O–H groups in total. The molecule has 1 aromatic rings. The third kappa shape index (κ3) is 6.18. The molecule has 0 saturated carbocycles. The van der Waals surface area contributed by atoms with E-state index in [4.69, 9.17) is 0 Å². The van der Waals surface area contributed by atoms with Gasteiger partial charge in [-0.2, -0.15) is 0 Å². The van der Waals surface area contributed by atoms with Crippen molar-refractivity contribution in [2.75, 3.05) is 6.54 Å². The predicted octanol–water partition coefficient (Wildman–Crippen LogP) is 3.80. The quantitative estimate of drug-likeness (QED) is 0.914. The van der Waals surface area contributed by atoms with Crippen molar-refractivity contribution in [2.24, 2.45) is 5.41 Å². The molecule has 1 heterocycles. The number of pyridine rings is 1. The van der Waals surface area contributed by atoms with Gasteiger partial charge in [-0.05, 0) is 60.2 Å². The minimum atomic E-state index is 0.173. The zero-order chi connectivity index (χ0) is 13.1. The molecule has 0 aliphatic heterocycles. The first-order chi connectivity index (χ1) is 7.68. The highest BCUT2D eigenvalue weighted by Crippen LogP contribution is 2.23. The van der Waals surface area contributed by atoms with Crippen LogP contribution in [-0.4, -0.2) is 17.1 Å². The standard InChI is InChI=1S/C14H23BrN2/c1-13(2,3)17-10-14(4,5)7-11-6-12(15)9-16-8-11/h6,8-9,17H,7,10H2,1-5H3. The minimum Gasteiger partial charge on any atom is -0.312 e. The molecule has 0 aromatic carbocycles. The molecule has 0 fully saturated rings. The van der Waals surface area contributed by atoms with Crippen LogP contribution in [0.2, 0.25) is 0 Å². The Balaban J connectivity index is 2.60. The molecule has 0 atom stereocenters. The van der Waals surface area contributed by atoms with E-state index in [1.165, 1.54) is 5.56 Å². The first kappa shape index (κ1) is 14.7. The van der Waals surface area contributed by atoms with Gasteiger partial charge in [-0.3, -0.25) is 4.98 Å². The Morgan fingerprint density at radius 2 is 1.82 bits per heavy atom. The van der Waals surface area contributed by atoms with Gasteiger partial charge in [-0.15, -0.1) is 0 Å². The van der Waals surface area contributed by atoms with Crippen LogP contribution in [0.4, 0.5) is 0 Å². The average Bonchev–Trinajstić information content (AvgIpc) is 2.13. The highest BCUT2D eigenvalue weighted by atomic mass is 79.9. The highest BCUT2D eigenvalue weighted by molar-refractivity contribution is 9.10. The number of rotatable bonds is 4. The lowest BCUT2D eigenvalue weighted by molar-refractivity contribution is 0.288. The lowest BCUT2D eigenvalue weighted by Crippen LogP contribution is -2.42. The van der Waals surface area contributed by atoms with Crippen LogP contribution < -0.4 is 5.32 Å². The molecule has 17 heavy (non-hydrogen) atoms. The molecule has 0 aliphatic carbocycles. The Labute approximate surface area is 113 Å². The minimum absolute atomic E-state index is 0.173. The van der Waals surface area contributed by atoms with Crippen molar-refractivity contribution in [3.8, 4) is 0 Å². The van der Waals surface area contributed by atoms with Crippen molar-refractivity contribution >= 4 is 15.9 Å². The molecule has 2 nitrogen and oxygen atoms in total. The van der Waals surface area contributed by atoms with Gasteiger partial charge >= 0.3 is 0 Å². The molecule has 0 unspecified atom stereocenters. The first-order valence-electron chi connectivity index (χ1n) is 6.02. The van der Waals surface area contributed by atoms with Crippen molar-refractivity contribution in [3.63, 3.8) is 0 Å². The van der Waals surface area contributed by atoms with Gasteiger partial charge in [0.05, 0.1) is 0 Å². The summed E-state index contributed by atoms with van der Waals surface area (Å²) in [5, 5.41) is 3.56. The van der Waals surface area contributed by atoms with E-state index in [1.54, 1.807) is 0 Å². The molecule has 0 saturated heterocycles. The topological polar surface area (TPSA) is 24.9 Å². The highest BCUT2D eigenvalue weighted by Gasteiger charge is 2.21. The molecule has 96 valence electrons. The third-order valence-corrected chi connectivity index (χ3v) is 2.98. The van der Waals surface area contributed by atoms with Crippen LogP contribution in [0.3, 0.4) is 0 Å². The van der Waals surface area contributed by atoms with Crippen molar-refractivity contribution in [1.82, 2.24) is 10.3 Å². The Morgan fingerprint density at radius 1 is 1.18 bits per heavy atom. The SMILES string of the molecule is CC(C)(CNC(C)(C)C)Cc1cncc(Br)c1. The second-order valence-corrected chi connectivity index (χ2v) is 7.37. The number of aromatic nitrogens is 1. The molecule has 0 aliphatic rings. The van der Waals surface area contributed by atoms with Gasteiger partial charge in [0.15, 0.2) is 0 Å². The molecular formula is C14H23BrN2. The Morgan fingerprint density at radius 3 is 2.35 bits per heavy atom. The summed E-state index contributed by atoms with van der Waals surface area (Å²) in [4.78, 5) is 4.21. The van der Waals surface area contributed by atoms with E-state index in [2.05, 4.69) is 66.9 Å². The average molecular weight is 299 g/mol. The van der Waals surface area contributed by atoms with Gasteiger partial charge in [-0.1, -0.05) is 13.8 Å². The van der Waals surface area contributed by atoms with Crippen LogP contribution >= 0.6 is 15.9 Å². The maximum atomic E-state index is 4.21. The van der Waals surface area contributed by atoms with Crippen LogP contribution in [0.5, 0.6) is 0 Å². The Hall–Kier alpha value is -0.410. The molecule has 0 bridgehead atoms. The van der Waals surface area contributed by atoms with Crippen LogP contribution in [0, 0.1) is 5.41 Å². The summed E-state index contributed by atoms with van der Waals surface area (Å²) in [7, 11) is 0. The fraction of sp³-hybridized carbons (Fsp3) is 0.643. The van der Waals surface area contributed by atoms with Crippen molar-refractivity contribution in [1.29, 1.82) is 0 Å². The fourth-order valence-corrected chi connectivity index (χ4v) is 2.08. The van der Waals surface area contributed by atoms with Gasteiger partial charge < -0.3 is 5.32 Å². The molecular weight excluding hydrogens is 276 g/mol. The van der Waals surface area contributed by atoms with Crippen LogP contribution in [0.25, 0.3) is 0 Å². The molecule has 3 heteroatoms. The van der Waals surface area contributed by atoms with Crippen LogP contribution in [0.1, 0.15) is 40.2 Å². The summed E-state index contributed by atoms with van der Waals surface area (Å²) in [5.41, 5.74) is 1.68. The van der Waals surface area contributed by atoms with Gasteiger partial charge in [0.25, 0.3) is 0 Å². The Bertz CT molecular complexity index is 367. The second-order valence-electron chi connectivity index (χ2n) is 6.46.